The molecule has 3 amide bonds. The molecule has 2 heterocycles. The van der Waals surface area contributed by atoms with Gasteiger partial charge in [0.15, 0.2) is 0 Å². The van der Waals surface area contributed by atoms with Crippen molar-refractivity contribution in [2.45, 2.75) is 19.4 Å². The Morgan fingerprint density at radius 1 is 1.17 bits per heavy atom. The summed E-state index contributed by atoms with van der Waals surface area (Å²) >= 11 is 0. The van der Waals surface area contributed by atoms with E-state index in [0.717, 1.165) is 12.1 Å². The van der Waals surface area contributed by atoms with Crippen LogP contribution in [0.4, 0.5) is 4.79 Å². The number of hydrogen-bond donors (Lipinski definition) is 2. The molecule has 1 aliphatic heterocycles. The molecule has 0 spiro atoms. The molecule has 1 aliphatic rings. The monoisotopic (exact) mass is 326 g/mol. The minimum atomic E-state index is -0.109. The van der Waals surface area contributed by atoms with Gasteiger partial charge in [0.25, 0.3) is 5.91 Å². The van der Waals surface area contributed by atoms with Gasteiger partial charge in [-0.1, -0.05) is 12.1 Å². The molecule has 0 saturated carbocycles. The third-order valence-electron chi connectivity index (χ3n) is 4.17. The molecule has 6 nitrogen and oxygen atoms in total. The quantitative estimate of drug-likeness (QED) is 0.902. The average Bonchev–Trinajstić information content (AvgIpc) is 3.27. The molecule has 126 valence electrons. The van der Waals surface area contributed by atoms with Gasteiger partial charge in [0.05, 0.1) is 11.3 Å². The molecule has 2 aromatic rings. The smallest absolute Gasteiger partial charge is 0.317 e. The molecule has 0 aliphatic carbocycles. The maximum absolute atomic E-state index is 12.7. The zero-order chi connectivity index (χ0) is 16.9. The first kappa shape index (κ1) is 16.1. The van der Waals surface area contributed by atoms with E-state index in [1.807, 2.05) is 60.3 Å². The molecule has 3 rings (SSSR count). The first-order valence-corrected chi connectivity index (χ1v) is 8.25. The second-order valence-corrected chi connectivity index (χ2v) is 5.85. The number of benzene rings is 1. The number of urea groups is 1. The van der Waals surface area contributed by atoms with Crippen molar-refractivity contribution in [3.05, 3.63) is 54.4 Å². The van der Waals surface area contributed by atoms with Gasteiger partial charge < -0.3 is 20.1 Å². The summed E-state index contributed by atoms with van der Waals surface area (Å²) in [6.07, 6.45) is 4.60. The molecule has 1 fully saturated rings. The van der Waals surface area contributed by atoms with Gasteiger partial charge in [-0.25, -0.2) is 4.79 Å². The number of carbonyl (C=O) groups is 2. The van der Waals surface area contributed by atoms with E-state index in [-0.39, 0.29) is 18.0 Å². The number of para-hydroxylation sites is 1. The van der Waals surface area contributed by atoms with Crippen LogP contribution in [0, 0.1) is 0 Å². The second kappa shape index (κ2) is 7.21. The number of nitrogens with zero attached hydrogens (tertiary/aromatic N) is 2. The second-order valence-electron chi connectivity index (χ2n) is 5.85. The average molecular weight is 326 g/mol. The van der Waals surface area contributed by atoms with Crippen LogP contribution in [0.15, 0.2) is 48.8 Å². The highest BCUT2D eigenvalue weighted by Gasteiger charge is 2.27. The summed E-state index contributed by atoms with van der Waals surface area (Å²) in [5.74, 6) is -0.109. The van der Waals surface area contributed by atoms with Crippen LogP contribution in [0.1, 0.15) is 23.7 Å². The molecular formula is C18H22N4O2. The van der Waals surface area contributed by atoms with Gasteiger partial charge in [-0.05, 0) is 37.6 Å². The summed E-state index contributed by atoms with van der Waals surface area (Å²) in [7, 11) is 0. The third-order valence-corrected chi connectivity index (χ3v) is 4.17. The zero-order valence-corrected chi connectivity index (χ0v) is 13.7. The Balaban J connectivity index is 1.68. The van der Waals surface area contributed by atoms with E-state index in [1.165, 1.54) is 0 Å². The van der Waals surface area contributed by atoms with Crippen LogP contribution in [0.2, 0.25) is 0 Å². The summed E-state index contributed by atoms with van der Waals surface area (Å²) in [6.45, 7) is 3.71. The minimum Gasteiger partial charge on any atom is -0.347 e. The first-order chi connectivity index (χ1) is 11.7. The lowest BCUT2D eigenvalue weighted by atomic mass is 10.1. The van der Waals surface area contributed by atoms with Crippen LogP contribution in [0.25, 0.3) is 5.69 Å². The number of amides is 3. The van der Waals surface area contributed by atoms with Gasteiger partial charge in [0.2, 0.25) is 0 Å². The lowest BCUT2D eigenvalue weighted by Gasteiger charge is -2.18. The van der Waals surface area contributed by atoms with E-state index in [0.29, 0.717) is 25.2 Å². The molecule has 2 N–H and O–H groups in total. The molecule has 24 heavy (non-hydrogen) atoms. The van der Waals surface area contributed by atoms with E-state index in [1.54, 1.807) is 4.90 Å². The predicted octanol–water partition coefficient (Wildman–Crippen LogP) is 2.01. The SMILES string of the molecule is CCNC(=O)N1CCC(NC(=O)c2ccccc2-n2cccc2)C1. The van der Waals surface area contributed by atoms with Crippen LogP contribution in [0.3, 0.4) is 0 Å². The molecular weight excluding hydrogens is 304 g/mol. The zero-order valence-electron chi connectivity index (χ0n) is 13.7. The van der Waals surface area contributed by atoms with E-state index < -0.39 is 0 Å². The third kappa shape index (κ3) is 3.42. The minimum absolute atomic E-state index is 0.0159. The Morgan fingerprint density at radius 3 is 2.67 bits per heavy atom. The topological polar surface area (TPSA) is 66.4 Å². The summed E-state index contributed by atoms with van der Waals surface area (Å²) in [5.41, 5.74) is 1.48. The Morgan fingerprint density at radius 2 is 1.92 bits per heavy atom. The van der Waals surface area contributed by atoms with Gasteiger partial charge in [-0.2, -0.15) is 0 Å². The molecule has 6 heteroatoms. The molecule has 1 unspecified atom stereocenters. The van der Waals surface area contributed by atoms with Crippen molar-refractivity contribution in [1.29, 1.82) is 0 Å². The molecule has 0 bridgehead atoms. The number of hydrogen-bond acceptors (Lipinski definition) is 2. The van der Waals surface area contributed by atoms with E-state index >= 15 is 0 Å². The van der Waals surface area contributed by atoms with Gasteiger partial charge in [0, 0.05) is 38.1 Å². The fourth-order valence-electron chi connectivity index (χ4n) is 2.97. The lowest BCUT2D eigenvalue weighted by Crippen LogP contribution is -2.42. The van der Waals surface area contributed by atoms with E-state index in [2.05, 4.69) is 10.6 Å². The fourth-order valence-corrected chi connectivity index (χ4v) is 2.97. The van der Waals surface area contributed by atoms with Crippen molar-refractivity contribution in [2.24, 2.45) is 0 Å². The standard InChI is InChI=1S/C18H22N4O2/c1-2-19-18(24)22-12-9-14(13-22)20-17(23)15-7-3-4-8-16(15)21-10-5-6-11-21/h3-8,10-11,14H,2,9,12-13H2,1H3,(H,19,24)(H,20,23). The number of nitrogens with one attached hydrogen (secondary N) is 2. The Kier molecular flexibility index (Phi) is 4.84. The fraction of sp³-hybridized carbons (Fsp3) is 0.333. The Labute approximate surface area is 141 Å². The number of likely N-dealkylation sites (tertiary alicyclic amines) is 1. The van der Waals surface area contributed by atoms with E-state index in [9.17, 15) is 9.59 Å². The van der Waals surface area contributed by atoms with Crippen molar-refractivity contribution in [3.8, 4) is 5.69 Å². The van der Waals surface area contributed by atoms with Gasteiger partial charge >= 0.3 is 6.03 Å². The molecule has 1 aromatic heterocycles. The van der Waals surface area contributed by atoms with Crippen LogP contribution in [0.5, 0.6) is 0 Å². The largest absolute Gasteiger partial charge is 0.347 e. The highest BCUT2D eigenvalue weighted by Crippen LogP contribution is 2.16. The van der Waals surface area contributed by atoms with Crippen molar-refractivity contribution in [3.63, 3.8) is 0 Å². The highest BCUT2D eigenvalue weighted by atomic mass is 16.2. The van der Waals surface area contributed by atoms with Gasteiger partial charge in [0.1, 0.15) is 0 Å². The van der Waals surface area contributed by atoms with Gasteiger partial charge in [-0.15, -0.1) is 0 Å². The number of aromatic nitrogens is 1. The normalized spacial score (nSPS) is 16.9. The summed E-state index contributed by atoms with van der Waals surface area (Å²) < 4.78 is 1.92. The number of rotatable bonds is 4. The predicted molar refractivity (Wildman–Crippen MR) is 92.3 cm³/mol. The van der Waals surface area contributed by atoms with Crippen LogP contribution < -0.4 is 10.6 Å². The van der Waals surface area contributed by atoms with Crippen molar-refractivity contribution >= 4 is 11.9 Å². The van der Waals surface area contributed by atoms with E-state index in [4.69, 9.17) is 0 Å². The van der Waals surface area contributed by atoms with Crippen molar-refractivity contribution in [1.82, 2.24) is 20.1 Å². The summed E-state index contributed by atoms with van der Waals surface area (Å²) in [4.78, 5) is 26.3. The molecule has 1 atom stereocenters. The molecule has 1 saturated heterocycles. The van der Waals surface area contributed by atoms with Crippen molar-refractivity contribution < 1.29 is 9.59 Å². The van der Waals surface area contributed by atoms with Crippen LogP contribution >= 0.6 is 0 Å². The van der Waals surface area contributed by atoms with Crippen LogP contribution in [-0.2, 0) is 0 Å². The van der Waals surface area contributed by atoms with Crippen molar-refractivity contribution in [2.75, 3.05) is 19.6 Å². The lowest BCUT2D eigenvalue weighted by molar-refractivity contribution is 0.0938. The van der Waals surface area contributed by atoms with Crippen LogP contribution in [-0.4, -0.2) is 47.1 Å². The maximum Gasteiger partial charge on any atom is 0.317 e. The Hall–Kier alpha value is -2.76. The molecule has 1 aromatic carbocycles. The molecule has 0 radical (unpaired) electrons. The highest BCUT2D eigenvalue weighted by molar-refractivity contribution is 5.98. The summed E-state index contributed by atoms with van der Waals surface area (Å²) in [6, 6.07) is 11.3. The first-order valence-electron chi connectivity index (χ1n) is 8.25. The maximum atomic E-state index is 12.7. The number of carbonyl (C=O) groups excluding carboxylic acids is 2. The summed E-state index contributed by atoms with van der Waals surface area (Å²) in [5, 5.41) is 5.84. The van der Waals surface area contributed by atoms with Gasteiger partial charge in [-0.3, -0.25) is 4.79 Å². The Bertz CT molecular complexity index is 712.